The van der Waals surface area contributed by atoms with Gasteiger partial charge in [0.25, 0.3) is 11.6 Å². The van der Waals surface area contributed by atoms with Crippen LogP contribution in [-0.2, 0) is 27.9 Å². The van der Waals surface area contributed by atoms with Crippen LogP contribution >= 0.6 is 0 Å². The molecule has 0 aromatic heterocycles. The van der Waals surface area contributed by atoms with Crippen LogP contribution in [0.4, 0.5) is 11.4 Å². The zero-order chi connectivity index (χ0) is 25.4. The molecule has 3 rings (SSSR count). The number of ether oxygens (including phenoxy) is 1. The zero-order valence-corrected chi connectivity index (χ0v) is 20.3. The number of rotatable bonds is 11. The first-order valence-corrected chi connectivity index (χ1v) is 12.7. The van der Waals surface area contributed by atoms with Crippen molar-refractivity contribution >= 4 is 27.3 Å². The summed E-state index contributed by atoms with van der Waals surface area (Å²) in [5.74, 6) is -0.269. The van der Waals surface area contributed by atoms with E-state index in [0.29, 0.717) is 36.4 Å². The molecule has 0 aliphatic heterocycles. The van der Waals surface area contributed by atoms with Crippen molar-refractivity contribution in [2.24, 2.45) is 0 Å². The Morgan fingerprint density at radius 2 is 1.71 bits per heavy atom. The number of hydrogen-bond donors (Lipinski definition) is 1. The van der Waals surface area contributed by atoms with Gasteiger partial charge in [0.05, 0.1) is 36.6 Å². The van der Waals surface area contributed by atoms with E-state index in [4.69, 9.17) is 4.74 Å². The summed E-state index contributed by atoms with van der Waals surface area (Å²) in [5.41, 5.74) is 2.74. The summed E-state index contributed by atoms with van der Waals surface area (Å²) in [5, 5.41) is 14.0. The maximum Gasteiger partial charge on any atom is 0.271 e. The van der Waals surface area contributed by atoms with Crippen LogP contribution in [0.3, 0.4) is 0 Å². The van der Waals surface area contributed by atoms with Crippen molar-refractivity contribution in [3.63, 3.8) is 0 Å². The topological polar surface area (TPSA) is 119 Å². The Bertz CT molecular complexity index is 1280. The number of hydrogen-bond acceptors (Lipinski definition) is 6. The molecule has 0 atom stereocenters. The summed E-state index contributed by atoms with van der Waals surface area (Å²) in [4.78, 5) is 23.0. The van der Waals surface area contributed by atoms with Crippen LogP contribution in [0.5, 0.6) is 0 Å². The molecule has 0 unspecified atom stereocenters. The number of carbonyl (C=O) groups is 1. The van der Waals surface area contributed by atoms with Gasteiger partial charge in [0.2, 0.25) is 10.0 Å². The number of non-ortho nitro benzene ring substituents is 1. The number of anilines is 1. The van der Waals surface area contributed by atoms with E-state index in [9.17, 15) is 23.3 Å². The third kappa shape index (κ3) is 7.36. The first-order valence-electron chi connectivity index (χ1n) is 10.9. The Morgan fingerprint density at radius 3 is 2.34 bits per heavy atom. The number of nitrogens with zero attached hydrogens (tertiary/aromatic N) is 2. The zero-order valence-electron chi connectivity index (χ0n) is 19.5. The summed E-state index contributed by atoms with van der Waals surface area (Å²) < 4.78 is 31.6. The number of nitro groups is 1. The molecule has 0 aliphatic carbocycles. The van der Waals surface area contributed by atoms with Gasteiger partial charge < -0.3 is 10.1 Å². The molecule has 184 valence electrons. The molecule has 1 N–H and O–H groups in total. The van der Waals surface area contributed by atoms with Crippen LogP contribution < -0.4 is 9.62 Å². The molecule has 1 amide bonds. The highest BCUT2D eigenvalue weighted by molar-refractivity contribution is 7.92. The predicted octanol–water partition coefficient (Wildman–Crippen LogP) is 3.82. The molecule has 0 fully saturated rings. The van der Waals surface area contributed by atoms with Gasteiger partial charge in [-0.05, 0) is 35.7 Å². The van der Waals surface area contributed by atoms with Crippen molar-refractivity contribution in [2.75, 3.05) is 23.7 Å². The highest BCUT2D eigenvalue weighted by Crippen LogP contribution is 2.29. The first-order chi connectivity index (χ1) is 16.6. The molecule has 0 radical (unpaired) electrons. The summed E-state index contributed by atoms with van der Waals surface area (Å²) >= 11 is 0. The third-order valence-electron chi connectivity index (χ3n) is 5.26. The fraction of sp³-hybridized carbons (Fsp3) is 0.240. The first kappa shape index (κ1) is 25.9. The van der Waals surface area contributed by atoms with Crippen molar-refractivity contribution < 1.29 is 22.9 Å². The maximum atomic E-state index is 12.5. The number of aryl methyl sites for hydroxylation is 1. The van der Waals surface area contributed by atoms with Gasteiger partial charge in [0.15, 0.2) is 0 Å². The van der Waals surface area contributed by atoms with Crippen molar-refractivity contribution in [1.82, 2.24) is 5.32 Å². The summed E-state index contributed by atoms with van der Waals surface area (Å²) in [7, 11) is -3.73. The van der Waals surface area contributed by atoms with Crippen LogP contribution in [0, 0.1) is 17.0 Å². The molecule has 3 aromatic rings. The molecule has 35 heavy (non-hydrogen) atoms. The minimum Gasteiger partial charge on any atom is -0.375 e. The van der Waals surface area contributed by atoms with E-state index in [1.807, 2.05) is 30.3 Å². The van der Waals surface area contributed by atoms with Crippen LogP contribution in [-0.4, -0.2) is 38.7 Å². The van der Waals surface area contributed by atoms with Gasteiger partial charge in [-0.2, -0.15) is 0 Å². The number of amides is 1. The van der Waals surface area contributed by atoms with Gasteiger partial charge in [-0.25, -0.2) is 8.42 Å². The van der Waals surface area contributed by atoms with Gasteiger partial charge in [0.1, 0.15) is 0 Å². The summed E-state index contributed by atoms with van der Waals surface area (Å²) in [6.45, 7) is 2.84. The second kappa shape index (κ2) is 11.6. The number of sulfonamides is 1. The van der Waals surface area contributed by atoms with E-state index in [-0.39, 0.29) is 23.8 Å². The number of nitro benzene ring substituents is 1. The van der Waals surface area contributed by atoms with Gasteiger partial charge in [0, 0.05) is 24.2 Å². The van der Waals surface area contributed by atoms with E-state index in [2.05, 4.69) is 5.32 Å². The van der Waals surface area contributed by atoms with Crippen molar-refractivity contribution in [1.29, 1.82) is 0 Å². The number of benzene rings is 3. The molecule has 0 heterocycles. The molecule has 9 nitrogen and oxygen atoms in total. The van der Waals surface area contributed by atoms with Crippen molar-refractivity contribution in [3.05, 3.63) is 105 Å². The largest absolute Gasteiger partial charge is 0.375 e. The Labute approximate surface area is 204 Å². The van der Waals surface area contributed by atoms with Crippen LogP contribution in [0.25, 0.3) is 0 Å². The Balaban J connectivity index is 1.61. The van der Waals surface area contributed by atoms with Gasteiger partial charge in [-0.3, -0.25) is 19.2 Å². The van der Waals surface area contributed by atoms with E-state index < -0.39 is 14.9 Å². The fourth-order valence-corrected chi connectivity index (χ4v) is 4.33. The Kier molecular flexibility index (Phi) is 8.56. The lowest BCUT2D eigenvalue weighted by atomic mass is 10.1. The molecule has 0 saturated heterocycles. The SMILES string of the molecule is Cc1ccc([N+](=O)[O-])cc1N(Cc1ccc(C(=O)NCCOCc2ccccc2)cc1)S(C)(=O)=O. The fourth-order valence-electron chi connectivity index (χ4n) is 3.39. The maximum absolute atomic E-state index is 12.5. The normalized spacial score (nSPS) is 11.1. The van der Waals surface area contributed by atoms with E-state index >= 15 is 0 Å². The Hall–Kier alpha value is -3.76. The van der Waals surface area contributed by atoms with Crippen LogP contribution in [0.1, 0.15) is 27.0 Å². The molecule has 0 bridgehead atoms. The van der Waals surface area contributed by atoms with Crippen LogP contribution in [0.15, 0.2) is 72.8 Å². The Morgan fingerprint density at radius 1 is 1.03 bits per heavy atom. The minimum absolute atomic E-state index is 0.0317. The van der Waals surface area contributed by atoms with E-state index in [1.165, 1.54) is 18.2 Å². The molecular formula is C25H27N3O6S. The average Bonchev–Trinajstić information content (AvgIpc) is 2.83. The molecule has 0 saturated carbocycles. The number of nitrogens with one attached hydrogen (secondary N) is 1. The average molecular weight is 498 g/mol. The highest BCUT2D eigenvalue weighted by atomic mass is 32.2. The molecule has 0 spiro atoms. The highest BCUT2D eigenvalue weighted by Gasteiger charge is 2.22. The van der Waals surface area contributed by atoms with Crippen molar-refractivity contribution in [2.45, 2.75) is 20.1 Å². The molecule has 10 heteroatoms. The van der Waals surface area contributed by atoms with Crippen LogP contribution in [0.2, 0.25) is 0 Å². The second-order valence-corrected chi connectivity index (χ2v) is 9.90. The van der Waals surface area contributed by atoms with Gasteiger partial charge >= 0.3 is 0 Å². The lowest BCUT2D eigenvalue weighted by Gasteiger charge is -2.24. The predicted molar refractivity (Wildman–Crippen MR) is 134 cm³/mol. The van der Waals surface area contributed by atoms with E-state index in [0.717, 1.165) is 16.1 Å². The summed E-state index contributed by atoms with van der Waals surface area (Å²) in [6.07, 6.45) is 1.05. The lowest BCUT2D eigenvalue weighted by molar-refractivity contribution is -0.384. The summed E-state index contributed by atoms with van der Waals surface area (Å²) in [6, 6.07) is 20.4. The lowest BCUT2D eigenvalue weighted by Crippen LogP contribution is -2.30. The monoisotopic (exact) mass is 497 g/mol. The quantitative estimate of drug-likeness (QED) is 0.244. The van der Waals surface area contributed by atoms with Crippen molar-refractivity contribution in [3.8, 4) is 0 Å². The molecule has 3 aromatic carbocycles. The second-order valence-electron chi connectivity index (χ2n) is 7.99. The molecular weight excluding hydrogens is 470 g/mol. The minimum atomic E-state index is -3.73. The standard InChI is InChI=1S/C25H27N3O6S/c1-19-8-13-23(28(30)31)16-24(19)27(35(2,32)33)17-20-9-11-22(12-10-20)25(29)26-14-15-34-18-21-6-4-3-5-7-21/h3-13,16H,14-15,17-18H2,1-2H3,(H,26,29). The molecule has 0 aliphatic rings. The number of carbonyl (C=O) groups excluding carboxylic acids is 1. The van der Waals surface area contributed by atoms with Gasteiger partial charge in [-0.15, -0.1) is 0 Å². The van der Waals surface area contributed by atoms with Gasteiger partial charge in [-0.1, -0.05) is 48.5 Å². The van der Waals surface area contributed by atoms with E-state index in [1.54, 1.807) is 31.2 Å². The third-order valence-corrected chi connectivity index (χ3v) is 6.38. The smallest absolute Gasteiger partial charge is 0.271 e.